The molecule has 1 aliphatic rings. The van der Waals surface area contributed by atoms with E-state index in [0.29, 0.717) is 35.4 Å². The van der Waals surface area contributed by atoms with Gasteiger partial charge in [-0.25, -0.2) is 4.90 Å². The third-order valence-electron chi connectivity index (χ3n) is 6.23. The molecule has 2 unspecified atom stereocenters. The Morgan fingerprint density at radius 2 is 1.69 bits per heavy atom. The first-order chi connectivity index (χ1) is 17.0. The normalized spacial score (nSPS) is 16.7. The van der Waals surface area contributed by atoms with E-state index in [2.05, 4.69) is 4.98 Å². The van der Waals surface area contributed by atoms with Crippen LogP contribution in [0.3, 0.4) is 0 Å². The smallest absolute Gasteiger partial charge is 0.260 e. The summed E-state index contributed by atoms with van der Waals surface area (Å²) in [7, 11) is 0. The maximum absolute atomic E-state index is 11.2. The molecule has 35 heavy (non-hydrogen) atoms. The number of rotatable bonds is 8. The summed E-state index contributed by atoms with van der Waals surface area (Å²) in [6.45, 7) is 1.13. The van der Waals surface area contributed by atoms with Gasteiger partial charge in [-0.15, -0.1) is 0 Å². The second-order valence-corrected chi connectivity index (χ2v) is 9.36. The zero-order valence-corrected chi connectivity index (χ0v) is 20.5. The summed E-state index contributed by atoms with van der Waals surface area (Å²) in [5.41, 5.74) is 4.17. The largest absolute Gasteiger partial charge is 0.494 e. The van der Waals surface area contributed by atoms with Crippen LogP contribution in [0.25, 0.3) is 10.9 Å². The van der Waals surface area contributed by atoms with E-state index in [9.17, 15) is 5.11 Å². The van der Waals surface area contributed by atoms with Crippen LogP contribution in [0.4, 0.5) is 0 Å². The zero-order chi connectivity index (χ0) is 24.4. The highest BCUT2D eigenvalue weighted by Gasteiger charge is 2.36. The Kier molecular flexibility index (Phi) is 7.18. The molecule has 1 aromatic heterocycles. The number of nitrogens with zero attached hydrogens (tertiary/aromatic N) is 1. The Hall–Kier alpha value is -2.74. The molecule has 182 valence electrons. The number of halogens is 2. The van der Waals surface area contributed by atoms with Crippen LogP contribution in [0, 0.1) is 0 Å². The Bertz CT molecular complexity index is 1290. The highest BCUT2D eigenvalue weighted by molar-refractivity contribution is 6.31. The van der Waals surface area contributed by atoms with Crippen LogP contribution in [-0.4, -0.2) is 46.3 Å². The minimum absolute atomic E-state index is 0.0911. The van der Waals surface area contributed by atoms with Crippen molar-refractivity contribution in [2.24, 2.45) is 0 Å². The van der Waals surface area contributed by atoms with E-state index in [-0.39, 0.29) is 12.6 Å². The Morgan fingerprint density at radius 1 is 0.971 bits per heavy atom. The maximum atomic E-state index is 11.2. The van der Waals surface area contributed by atoms with Gasteiger partial charge in [0.1, 0.15) is 11.5 Å². The topological polar surface area (TPSA) is 78.0 Å². The van der Waals surface area contributed by atoms with Gasteiger partial charge in [0.05, 0.1) is 12.6 Å². The number of hydrogen-bond acceptors (Lipinski definition) is 5. The number of aromatic amines is 1. The molecule has 0 aliphatic carbocycles. The van der Waals surface area contributed by atoms with E-state index < -0.39 is 6.41 Å². The van der Waals surface area contributed by atoms with Gasteiger partial charge in [0.2, 0.25) is 0 Å². The lowest BCUT2D eigenvalue weighted by Crippen LogP contribution is -2.46. The number of H-pyrrole nitrogens is 1. The fourth-order valence-corrected chi connectivity index (χ4v) is 4.88. The lowest BCUT2D eigenvalue weighted by Gasteiger charge is -2.38. The van der Waals surface area contributed by atoms with E-state index >= 15 is 0 Å². The number of hydrogen-bond donors (Lipinski definition) is 3. The first-order valence-corrected chi connectivity index (χ1v) is 12.3. The fraction of sp³-hybridized carbons (Fsp3) is 0.259. The molecule has 0 spiro atoms. The van der Waals surface area contributed by atoms with Gasteiger partial charge in [-0.2, -0.15) is 0 Å². The number of fused-ring (bicyclic) bond motifs is 3. The zero-order valence-electron chi connectivity index (χ0n) is 19.0. The molecule has 0 saturated heterocycles. The molecule has 0 amide bonds. The maximum Gasteiger partial charge on any atom is 0.260 e. The number of aromatic nitrogens is 1. The second-order valence-electron chi connectivity index (χ2n) is 8.49. The molecular weight excluding hydrogens is 487 g/mol. The van der Waals surface area contributed by atoms with Crippen LogP contribution in [0.1, 0.15) is 29.3 Å². The van der Waals surface area contributed by atoms with Crippen LogP contribution in [0.2, 0.25) is 10.0 Å². The van der Waals surface area contributed by atoms with Crippen molar-refractivity contribution < 1.29 is 19.7 Å². The van der Waals surface area contributed by atoms with Gasteiger partial charge in [-0.05, 0) is 72.1 Å². The monoisotopic (exact) mass is 512 g/mol. The summed E-state index contributed by atoms with van der Waals surface area (Å²) in [6.07, 6.45) is 0.132. The van der Waals surface area contributed by atoms with E-state index in [1.807, 2.05) is 47.4 Å². The summed E-state index contributed by atoms with van der Waals surface area (Å²) in [5.74, 6) is 1.26. The highest BCUT2D eigenvalue weighted by atomic mass is 35.5. The lowest BCUT2D eigenvalue weighted by molar-refractivity contribution is -0.150. The molecule has 1 aliphatic heterocycles. The number of benzene rings is 3. The van der Waals surface area contributed by atoms with Gasteiger partial charge in [-0.3, -0.25) is 0 Å². The standard InChI is InChI=1S/C27H26Cl2N2O4/c28-18-4-9-21(10-5-18)35-27(33)31-13-12-22-23-16-19(29)6-11-24(23)30-25(22)26(31)17-2-7-20(8-3-17)34-15-1-14-32/h2-11,16,26-27,30,32-33H,1,12-15H2. The molecule has 3 aromatic carbocycles. The molecule has 4 aromatic rings. The van der Waals surface area contributed by atoms with Crippen LogP contribution >= 0.6 is 23.2 Å². The van der Waals surface area contributed by atoms with Crippen molar-refractivity contribution in [3.8, 4) is 11.5 Å². The third kappa shape index (κ3) is 5.13. The Morgan fingerprint density at radius 3 is 2.43 bits per heavy atom. The Balaban J connectivity index is 1.50. The van der Waals surface area contributed by atoms with Crippen LogP contribution in [-0.2, 0) is 6.42 Å². The predicted molar refractivity (Wildman–Crippen MR) is 137 cm³/mol. The molecule has 2 atom stereocenters. The van der Waals surface area contributed by atoms with Gasteiger partial charge >= 0.3 is 0 Å². The molecule has 2 heterocycles. The molecule has 0 saturated carbocycles. The molecule has 8 heteroatoms. The molecule has 3 N–H and O–H groups in total. The number of nitrogens with one attached hydrogen (secondary N) is 1. The highest BCUT2D eigenvalue weighted by Crippen LogP contribution is 2.40. The molecule has 0 radical (unpaired) electrons. The van der Waals surface area contributed by atoms with E-state index in [0.717, 1.165) is 34.3 Å². The lowest BCUT2D eigenvalue weighted by atomic mass is 9.92. The second kappa shape index (κ2) is 10.5. The van der Waals surface area contributed by atoms with Crippen LogP contribution < -0.4 is 9.47 Å². The average Bonchev–Trinajstić information content (AvgIpc) is 3.23. The summed E-state index contributed by atoms with van der Waals surface area (Å²) >= 11 is 12.3. The molecule has 0 fully saturated rings. The van der Waals surface area contributed by atoms with Crippen molar-refractivity contribution in [3.05, 3.63) is 93.6 Å². The van der Waals surface area contributed by atoms with Gasteiger partial charge in [-0.1, -0.05) is 35.3 Å². The van der Waals surface area contributed by atoms with Crippen LogP contribution in [0.15, 0.2) is 66.7 Å². The number of aliphatic hydroxyl groups excluding tert-OH is 2. The van der Waals surface area contributed by atoms with Gasteiger partial charge < -0.3 is 24.7 Å². The van der Waals surface area contributed by atoms with E-state index in [4.69, 9.17) is 37.8 Å². The molecule has 6 nitrogen and oxygen atoms in total. The summed E-state index contributed by atoms with van der Waals surface area (Å²) in [4.78, 5) is 5.49. The van der Waals surface area contributed by atoms with Crippen molar-refractivity contribution >= 4 is 34.1 Å². The minimum Gasteiger partial charge on any atom is -0.494 e. The molecular formula is C27H26Cl2N2O4. The van der Waals surface area contributed by atoms with Crippen molar-refractivity contribution in [1.82, 2.24) is 9.88 Å². The first kappa shape index (κ1) is 24.0. The van der Waals surface area contributed by atoms with Gasteiger partial charge in [0.25, 0.3) is 6.41 Å². The third-order valence-corrected chi connectivity index (χ3v) is 6.72. The first-order valence-electron chi connectivity index (χ1n) is 11.5. The van der Waals surface area contributed by atoms with Crippen molar-refractivity contribution in [3.63, 3.8) is 0 Å². The summed E-state index contributed by atoms with van der Waals surface area (Å²) in [6, 6.07) is 20.3. The van der Waals surface area contributed by atoms with E-state index in [1.54, 1.807) is 24.3 Å². The fourth-order valence-electron chi connectivity index (χ4n) is 4.58. The predicted octanol–water partition coefficient (Wildman–Crippen LogP) is 5.54. The number of aliphatic hydroxyl groups is 2. The summed E-state index contributed by atoms with van der Waals surface area (Å²) in [5, 5.41) is 22.5. The van der Waals surface area contributed by atoms with Crippen molar-refractivity contribution in [2.45, 2.75) is 25.3 Å². The van der Waals surface area contributed by atoms with Gasteiger partial charge in [0.15, 0.2) is 0 Å². The van der Waals surface area contributed by atoms with E-state index in [1.165, 1.54) is 5.56 Å². The minimum atomic E-state index is -1.18. The number of ether oxygens (including phenoxy) is 2. The Labute approximate surface area is 213 Å². The van der Waals surface area contributed by atoms with Crippen LogP contribution in [0.5, 0.6) is 11.5 Å². The van der Waals surface area contributed by atoms with Crippen molar-refractivity contribution in [1.29, 1.82) is 0 Å². The SMILES string of the molecule is OCCCOc1ccc(C2c3[nH]c4ccc(Cl)cc4c3CCN2C(O)Oc2ccc(Cl)cc2)cc1. The molecule has 5 rings (SSSR count). The quantitative estimate of drug-likeness (QED) is 0.213. The van der Waals surface area contributed by atoms with Gasteiger partial charge in [0, 0.05) is 46.2 Å². The average molecular weight is 513 g/mol. The van der Waals surface area contributed by atoms with Crippen molar-refractivity contribution in [2.75, 3.05) is 19.8 Å². The molecule has 0 bridgehead atoms. The summed E-state index contributed by atoms with van der Waals surface area (Å²) < 4.78 is 11.6.